The molecule has 4 heterocycles. The van der Waals surface area contributed by atoms with Crippen LogP contribution in [0.4, 0.5) is 14.5 Å². The second kappa shape index (κ2) is 9.69. The molecule has 0 spiro atoms. The fourth-order valence-electron chi connectivity index (χ4n) is 5.09. The van der Waals surface area contributed by atoms with Crippen molar-refractivity contribution in [2.75, 3.05) is 10.7 Å². The number of benzene rings is 2. The molecule has 202 valence electrons. The molecule has 2 aromatic carbocycles. The third-order valence-corrected chi connectivity index (χ3v) is 9.55. The molecule has 0 unspecified atom stereocenters. The van der Waals surface area contributed by atoms with Crippen molar-refractivity contribution in [1.29, 1.82) is 5.26 Å². The summed E-state index contributed by atoms with van der Waals surface area (Å²) >= 11 is 3.49. The van der Waals surface area contributed by atoms with Crippen LogP contribution in [0.3, 0.4) is 0 Å². The number of halogens is 3. The second-order valence-electron chi connectivity index (χ2n) is 9.57. The Bertz CT molecular complexity index is 1860. The zero-order chi connectivity index (χ0) is 28.2. The van der Waals surface area contributed by atoms with Crippen molar-refractivity contribution in [1.82, 2.24) is 9.97 Å². The summed E-state index contributed by atoms with van der Waals surface area (Å²) in [5.74, 6) is -4.78. The zero-order valence-electron chi connectivity index (χ0n) is 20.7. The zero-order valence-corrected chi connectivity index (χ0v) is 23.1. The Labute approximate surface area is 236 Å². The van der Waals surface area contributed by atoms with Gasteiger partial charge in [0.1, 0.15) is 16.4 Å². The lowest BCUT2D eigenvalue weighted by Gasteiger charge is -2.31. The monoisotopic (exact) mass is 624 g/mol. The first-order valence-electron chi connectivity index (χ1n) is 12.2. The van der Waals surface area contributed by atoms with Crippen molar-refractivity contribution in [2.45, 2.75) is 37.0 Å². The number of hydrogen-bond acceptors (Lipinski definition) is 7. The smallest absolute Gasteiger partial charge is 0.275 e. The molecular formula is C28H19BrF2N4O4S. The SMILES string of the molecule is N#Cc1ccc(C(=O)N(Cc2ccc3c4c(c(Br)nc3c2)COC4)c2cccc3c2S(=O)(=O)CCC3(F)F)cn1. The van der Waals surface area contributed by atoms with Crippen molar-refractivity contribution < 1.29 is 26.7 Å². The average molecular weight is 625 g/mol. The topological polar surface area (TPSA) is 113 Å². The molecule has 0 radical (unpaired) electrons. The van der Waals surface area contributed by atoms with E-state index in [1.807, 2.05) is 12.1 Å². The fraction of sp³-hybridized carbons (Fsp3) is 0.214. The first-order chi connectivity index (χ1) is 19.1. The minimum absolute atomic E-state index is 0.0631. The van der Waals surface area contributed by atoms with Gasteiger partial charge in [0.15, 0.2) is 9.84 Å². The number of nitriles is 1. The van der Waals surface area contributed by atoms with Gasteiger partial charge in [-0.25, -0.2) is 27.2 Å². The summed E-state index contributed by atoms with van der Waals surface area (Å²) in [5.41, 5.74) is 2.57. The minimum atomic E-state index is -4.12. The van der Waals surface area contributed by atoms with Crippen LogP contribution >= 0.6 is 15.9 Å². The lowest BCUT2D eigenvalue weighted by atomic mass is 10.0. The highest BCUT2D eigenvalue weighted by atomic mass is 79.9. The third-order valence-electron chi connectivity index (χ3n) is 7.10. The van der Waals surface area contributed by atoms with Crippen LogP contribution in [0.1, 0.15) is 44.7 Å². The summed E-state index contributed by atoms with van der Waals surface area (Å²) in [4.78, 5) is 23.0. The van der Waals surface area contributed by atoms with E-state index in [9.17, 15) is 22.0 Å². The third kappa shape index (κ3) is 4.44. The van der Waals surface area contributed by atoms with Gasteiger partial charge in [-0.3, -0.25) is 4.79 Å². The summed E-state index contributed by atoms with van der Waals surface area (Å²) < 4.78 is 62.3. The molecule has 2 aliphatic heterocycles. The molecule has 6 rings (SSSR count). The number of carbonyl (C=O) groups is 1. The van der Waals surface area contributed by atoms with Crippen LogP contribution in [-0.4, -0.2) is 30.0 Å². The number of sulfone groups is 1. The van der Waals surface area contributed by atoms with Gasteiger partial charge in [0.2, 0.25) is 0 Å². The van der Waals surface area contributed by atoms with Crippen molar-refractivity contribution >= 4 is 48.3 Å². The van der Waals surface area contributed by atoms with Crippen LogP contribution in [0, 0.1) is 11.3 Å². The van der Waals surface area contributed by atoms with E-state index in [0.29, 0.717) is 28.9 Å². The number of hydrogen-bond donors (Lipinski definition) is 0. The van der Waals surface area contributed by atoms with Gasteiger partial charge in [-0.05, 0) is 51.3 Å². The Morgan fingerprint density at radius 3 is 2.70 bits per heavy atom. The van der Waals surface area contributed by atoms with Crippen LogP contribution in [0.25, 0.3) is 10.9 Å². The molecule has 0 bridgehead atoms. The Balaban J connectivity index is 1.51. The molecule has 0 saturated heterocycles. The van der Waals surface area contributed by atoms with Crippen LogP contribution < -0.4 is 4.90 Å². The van der Waals surface area contributed by atoms with E-state index in [-0.39, 0.29) is 23.5 Å². The second-order valence-corrected chi connectivity index (χ2v) is 12.4. The van der Waals surface area contributed by atoms with E-state index in [1.54, 1.807) is 12.1 Å². The molecule has 2 aromatic heterocycles. The molecule has 4 aromatic rings. The maximum Gasteiger partial charge on any atom is 0.275 e. The normalized spacial score (nSPS) is 16.6. The number of alkyl halides is 2. The van der Waals surface area contributed by atoms with E-state index in [2.05, 4.69) is 25.9 Å². The maximum atomic E-state index is 14.9. The molecule has 40 heavy (non-hydrogen) atoms. The van der Waals surface area contributed by atoms with Crippen molar-refractivity contribution in [3.05, 3.63) is 92.8 Å². The van der Waals surface area contributed by atoms with Gasteiger partial charge in [0.05, 0.1) is 47.2 Å². The first kappa shape index (κ1) is 26.4. The van der Waals surface area contributed by atoms with Gasteiger partial charge in [-0.2, -0.15) is 5.26 Å². The number of amides is 1. The number of nitrogens with zero attached hydrogens (tertiary/aromatic N) is 4. The summed E-state index contributed by atoms with van der Waals surface area (Å²) in [6.45, 7) is 0.740. The molecule has 0 atom stereocenters. The predicted molar refractivity (Wildman–Crippen MR) is 144 cm³/mol. The van der Waals surface area contributed by atoms with E-state index >= 15 is 0 Å². The van der Waals surface area contributed by atoms with Gasteiger partial charge in [0, 0.05) is 29.1 Å². The lowest BCUT2D eigenvalue weighted by molar-refractivity contribution is -0.0126. The highest BCUT2D eigenvalue weighted by Crippen LogP contribution is 2.45. The summed E-state index contributed by atoms with van der Waals surface area (Å²) in [6.07, 6.45) is 0.368. The Kier molecular flexibility index (Phi) is 6.40. The number of anilines is 1. The molecule has 0 saturated carbocycles. The van der Waals surface area contributed by atoms with Crippen LogP contribution in [0.2, 0.25) is 0 Å². The molecule has 0 fully saturated rings. The van der Waals surface area contributed by atoms with E-state index in [4.69, 9.17) is 10.00 Å². The van der Waals surface area contributed by atoms with E-state index < -0.39 is 44.3 Å². The van der Waals surface area contributed by atoms with Crippen molar-refractivity contribution in [2.24, 2.45) is 0 Å². The average Bonchev–Trinajstić information content (AvgIpc) is 3.45. The summed E-state index contributed by atoms with van der Waals surface area (Å²) in [7, 11) is -4.12. The molecular weight excluding hydrogens is 606 g/mol. The Morgan fingerprint density at radius 2 is 1.95 bits per heavy atom. The fourth-order valence-corrected chi connectivity index (χ4v) is 7.42. The van der Waals surface area contributed by atoms with Crippen LogP contribution in [0.15, 0.2) is 64.2 Å². The Hall–Kier alpha value is -3.79. The predicted octanol–water partition coefficient (Wildman–Crippen LogP) is 5.41. The maximum absolute atomic E-state index is 14.9. The van der Waals surface area contributed by atoms with E-state index in [1.165, 1.54) is 30.5 Å². The quantitative estimate of drug-likeness (QED) is 0.279. The van der Waals surface area contributed by atoms with Gasteiger partial charge in [0.25, 0.3) is 11.8 Å². The first-order valence-corrected chi connectivity index (χ1v) is 14.6. The number of ether oxygens (including phenoxy) is 1. The highest BCUT2D eigenvalue weighted by molar-refractivity contribution is 9.10. The number of rotatable bonds is 4. The van der Waals surface area contributed by atoms with Gasteiger partial charge >= 0.3 is 0 Å². The number of pyridine rings is 2. The molecule has 0 aliphatic carbocycles. The van der Waals surface area contributed by atoms with Gasteiger partial charge < -0.3 is 9.64 Å². The van der Waals surface area contributed by atoms with Gasteiger partial charge in [-0.1, -0.05) is 24.3 Å². The van der Waals surface area contributed by atoms with Crippen molar-refractivity contribution in [3.63, 3.8) is 0 Å². The summed E-state index contributed by atoms with van der Waals surface area (Å²) in [6, 6.07) is 13.8. The van der Waals surface area contributed by atoms with E-state index in [0.717, 1.165) is 27.5 Å². The highest BCUT2D eigenvalue weighted by Gasteiger charge is 2.45. The minimum Gasteiger partial charge on any atom is -0.372 e. The number of carbonyl (C=O) groups excluding carboxylic acids is 1. The van der Waals surface area contributed by atoms with Crippen LogP contribution in [0.5, 0.6) is 0 Å². The molecule has 1 amide bonds. The molecule has 8 nitrogen and oxygen atoms in total. The van der Waals surface area contributed by atoms with Crippen LogP contribution in [-0.2, 0) is 40.3 Å². The molecule has 2 aliphatic rings. The number of aromatic nitrogens is 2. The molecule has 12 heteroatoms. The molecule has 0 N–H and O–H groups in total. The van der Waals surface area contributed by atoms with Gasteiger partial charge in [-0.15, -0.1) is 0 Å². The standard InChI is InChI=1S/C28H19BrF2N4O4S/c29-26-21-15-39-14-20(21)19-7-4-16(10-23(19)34-26)13-35(27(36)17-5-6-18(11-32)33-12-17)24-3-1-2-22-25(24)40(37,38)9-8-28(22,30)31/h1-7,10,12H,8-9,13-15H2. The number of fused-ring (bicyclic) bond motifs is 4. The summed E-state index contributed by atoms with van der Waals surface area (Å²) in [5, 5.41) is 9.97. The largest absolute Gasteiger partial charge is 0.372 e. The Morgan fingerprint density at radius 1 is 1.15 bits per heavy atom. The lowest BCUT2D eigenvalue weighted by Crippen LogP contribution is -2.35. The van der Waals surface area contributed by atoms with Crippen molar-refractivity contribution in [3.8, 4) is 6.07 Å².